The van der Waals surface area contributed by atoms with Crippen LogP contribution in [-0.4, -0.2) is 80.6 Å². The van der Waals surface area contributed by atoms with Crippen molar-refractivity contribution in [1.29, 1.82) is 0 Å². The highest BCUT2D eigenvalue weighted by Crippen LogP contribution is 2.32. The monoisotopic (exact) mass is 582 g/mol. The van der Waals surface area contributed by atoms with Gasteiger partial charge in [-0.1, -0.05) is 0 Å². The number of carboxylic acid groups (broad SMARTS) is 1. The minimum Gasteiger partial charge on any atom is -0.623 e. The number of likely N-dealkylation sites (tertiary alicyclic amines) is 1. The predicted molar refractivity (Wildman–Crippen MR) is 149 cm³/mol. The Morgan fingerprint density at radius 1 is 1.32 bits per heavy atom. The molecule has 0 bridgehead atoms. The number of carbonyl (C=O) groups excluding carboxylic acids is 1. The smallest absolute Gasteiger partial charge is 0.392 e. The zero-order chi connectivity index (χ0) is 28.7. The molecule has 2 saturated heterocycles. The molecular formula is C26H30N8O6S. The number of pyridine rings is 1. The summed E-state index contributed by atoms with van der Waals surface area (Å²) in [6.07, 6.45) is 6.06. The Kier molecular flexibility index (Phi) is 7.52. The molecule has 0 aliphatic carbocycles. The van der Waals surface area contributed by atoms with Crippen molar-refractivity contribution in [3.05, 3.63) is 57.1 Å². The van der Waals surface area contributed by atoms with Crippen LogP contribution in [0.2, 0.25) is 0 Å². The number of amidine groups is 1. The molecule has 2 aromatic heterocycles. The van der Waals surface area contributed by atoms with E-state index in [1.165, 1.54) is 23.4 Å². The average molecular weight is 583 g/mol. The number of fused-ring (bicyclic) bond motifs is 1. The second-order valence-corrected chi connectivity index (χ2v) is 11.3. The molecule has 216 valence electrons. The maximum Gasteiger partial charge on any atom is 0.392 e. The van der Waals surface area contributed by atoms with Gasteiger partial charge >= 0.3 is 5.97 Å². The fourth-order valence-corrected chi connectivity index (χ4v) is 6.09. The zero-order valence-corrected chi connectivity index (χ0v) is 23.1. The molecule has 4 N–H and O–H groups in total. The minimum atomic E-state index is -1.35. The van der Waals surface area contributed by atoms with Gasteiger partial charge in [-0.2, -0.15) is 9.36 Å². The van der Waals surface area contributed by atoms with Crippen LogP contribution < -0.4 is 20.8 Å². The van der Waals surface area contributed by atoms with E-state index in [-0.39, 0.29) is 41.0 Å². The summed E-state index contributed by atoms with van der Waals surface area (Å²) < 4.78 is 10.1. The van der Waals surface area contributed by atoms with E-state index in [0.29, 0.717) is 48.4 Å². The van der Waals surface area contributed by atoms with Crippen molar-refractivity contribution >= 4 is 34.4 Å². The molecule has 2 aromatic rings. The van der Waals surface area contributed by atoms with E-state index < -0.39 is 11.0 Å². The number of dihydropyridines is 1. The normalized spacial score (nSPS) is 25.2. The predicted octanol–water partition coefficient (Wildman–Crippen LogP) is 0.0415. The lowest BCUT2D eigenvalue weighted by Gasteiger charge is -2.45. The summed E-state index contributed by atoms with van der Waals surface area (Å²) in [7, 11) is 0. The van der Waals surface area contributed by atoms with Crippen molar-refractivity contribution < 1.29 is 24.5 Å². The molecule has 6 heterocycles. The molecule has 0 spiro atoms. The van der Waals surface area contributed by atoms with Crippen LogP contribution in [0, 0.1) is 11.1 Å². The molecule has 0 saturated carbocycles. The van der Waals surface area contributed by atoms with Crippen LogP contribution in [0.5, 0.6) is 0 Å². The fourth-order valence-electron chi connectivity index (χ4n) is 5.42. The molecule has 14 nitrogen and oxygen atoms in total. The van der Waals surface area contributed by atoms with Gasteiger partial charge in [0.25, 0.3) is 0 Å². The summed E-state index contributed by atoms with van der Waals surface area (Å²) in [6.45, 7) is 4.12. The third kappa shape index (κ3) is 5.46. The standard InChI is InChI=1S/C26H30N8O6S/c1-14-8-19(32-11-16(12-32)24(36)28-10-17-4-2-3-7-40-17)29-23-21(14)34(39)18(25(37)38)13-33(23)26-30-22(31-41-26)15-5-6-20(35)27-9-15/h5-6,9,13,16-17,19,34H,2-4,7-8,10-12H2,1H3,(H,27,35)(H,28,36)(H,37,38). The lowest BCUT2D eigenvalue weighted by atomic mass is 9.95. The highest BCUT2D eigenvalue weighted by molar-refractivity contribution is 7.10. The van der Waals surface area contributed by atoms with Crippen molar-refractivity contribution in [3.63, 3.8) is 0 Å². The summed E-state index contributed by atoms with van der Waals surface area (Å²) in [5.41, 5.74) is 0.890. The van der Waals surface area contributed by atoms with Gasteiger partial charge in [0.2, 0.25) is 22.3 Å². The first-order valence-electron chi connectivity index (χ1n) is 13.5. The van der Waals surface area contributed by atoms with Crippen LogP contribution in [0.15, 0.2) is 51.3 Å². The molecule has 4 aliphatic heterocycles. The second-order valence-electron chi connectivity index (χ2n) is 10.6. The third-order valence-corrected chi connectivity index (χ3v) is 8.46. The van der Waals surface area contributed by atoms with Gasteiger partial charge in [-0.15, -0.1) is 0 Å². The lowest BCUT2D eigenvalue weighted by Crippen LogP contribution is -3.07. The summed E-state index contributed by atoms with van der Waals surface area (Å²) in [5, 5.41) is 25.7. The van der Waals surface area contributed by atoms with Crippen LogP contribution in [0.4, 0.5) is 5.13 Å². The van der Waals surface area contributed by atoms with E-state index in [1.807, 2.05) is 0 Å². The van der Waals surface area contributed by atoms with Gasteiger partial charge in [0.05, 0.1) is 18.2 Å². The summed E-state index contributed by atoms with van der Waals surface area (Å²) in [5.74, 6) is -0.856. The number of amides is 1. The number of carboxylic acids is 1. The number of aliphatic carboxylic acids is 1. The lowest BCUT2D eigenvalue weighted by molar-refractivity contribution is -0.753. The Hall–Kier alpha value is -3.76. The number of nitrogens with zero attached hydrogens (tertiary/aromatic N) is 5. The number of hydrogen-bond donors (Lipinski definition) is 4. The number of nitrogens with one attached hydrogen (secondary N) is 3. The fraction of sp³-hybridized carbons (Fsp3) is 0.462. The molecule has 6 rings (SSSR count). The summed E-state index contributed by atoms with van der Waals surface area (Å²) in [4.78, 5) is 51.7. The quantitative estimate of drug-likeness (QED) is 0.326. The van der Waals surface area contributed by atoms with Crippen molar-refractivity contribution in [1.82, 2.24) is 24.6 Å². The van der Waals surface area contributed by atoms with Gasteiger partial charge in [-0.3, -0.25) is 24.5 Å². The number of aliphatic imine (C=N–C) groups is 1. The highest BCUT2D eigenvalue weighted by Gasteiger charge is 2.43. The Morgan fingerprint density at radius 2 is 2.15 bits per heavy atom. The van der Waals surface area contributed by atoms with Crippen LogP contribution in [0.3, 0.4) is 0 Å². The van der Waals surface area contributed by atoms with Gasteiger partial charge in [-0.25, -0.2) is 9.79 Å². The molecule has 3 unspecified atom stereocenters. The van der Waals surface area contributed by atoms with E-state index in [0.717, 1.165) is 43.0 Å². The van der Waals surface area contributed by atoms with Crippen LogP contribution in [0.1, 0.15) is 32.6 Å². The van der Waals surface area contributed by atoms with Gasteiger partial charge < -0.3 is 25.4 Å². The number of H-pyrrole nitrogens is 1. The Bertz CT molecular complexity index is 1480. The van der Waals surface area contributed by atoms with E-state index in [2.05, 4.69) is 24.6 Å². The minimum absolute atomic E-state index is 0.000936. The number of rotatable bonds is 7. The van der Waals surface area contributed by atoms with Crippen molar-refractivity contribution in [3.8, 4) is 11.4 Å². The number of carbonyl (C=O) groups is 2. The number of ether oxygens (including phenoxy) is 1. The molecule has 2 fully saturated rings. The molecule has 41 heavy (non-hydrogen) atoms. The third-order valence-electron chi connectivity index (χ3n) is 7.74. The topological polar surface area (TPSA) is 181 Å². The van der Waals surface area contributed by atoms with Gasteiger partial charge in [0.1, 0.15) is 6.17 Å². The molecule has 0 aromatic carbocycles. The van der Waals surface area contributed by atoms with Crippen molar-refractivity contribution in [2.75, 3.05) is 31.1 Å². The molecule has 3 atom stereocenters. The average Bonchev–Trinajstić information content (AvgIpc) is 3.42. The number of anilines is 1. The maximum absolute atomic E-state index is 13.2. The molecule has 0 radical (unpaired) electrons. The van der Waals surface area contributed by atoms with E-state index in [1.54, 1.807) is 13.0 Å². The number of aromatic amines is 1. The van der Waals surface area contributed by atoms with Crippen molar-refractivity contribution in [2.24, 2.45) is 10.9 Å². The first-order valence-corrected chi connectivity index (χ1v) is 14.3. The summed E-state index contributed by atoms with van der Waals surface area (Å²) >= 11 is 1.02. The first kappa shape index (κ1) is 27.4. The first-order chi connectivity index (χ1) is 19.8. The highest BCUT2D eigenvalue weighted by atomic mass is 32.1. The molecule has 15 heteroatoms. The molecular weight excluding hydrogens is 552 g/mol. The van der Waals surface area contributed by atoms with Gasteiger partial charge in [-0.05, 0) is 37.8 Å². The van der Waals surface area contributed by atoms with E-state index in [4.69, 9.17) is 9.73 Å². The number of hydroxylamine groups is 2. The van der Waals surface area contributed by atoms with E-state index in [9.17, 15) is 24.7 Å². The summed E-state index contributed by atoms with van der Waals surface area (Å²) in [6, 6.07) is 2.95. The number of quaternary nitrogens is 1. The zero-order valence-electron chi connectivity index (χ0n) is 22.3. The number of aromatic nitrogens is 3. The van der Waals surface area contributed by atoms with Gasteiger partial charge in [0.15, 0.2) is 17.4 Å². The Labute approximate surface area is 238 Å². The molecule has 4 aliphatic rings. The van der Waals surface area contributed by atoms with Crippen LogP contribution in [0.25, 0.3) is 11.4 Å². The van der Waals surface area contributed by atoms with Gasteiger partial charge in [0, 0.05) is 62.0 Å². The maximum atomic E-state index is 13.2. The van der Waals surface area contributed by atoms with Crippen molar-refractivity contribution in [2.45, 2.75) is 44.9 Å². The van der Waals surface area contributed by atoms with Crippen LogP contribution >= 0.6 is 11.5 Å². The number of hydrogen-bond acceptors (Lipinski definition) is 11. The second kappa shape index (κ2) is 11.3. The largest absolute Gasteiger partial charge is 0.623 e. The SMILES string of the molecule is CC1=C2C(=NC(N3CC(C(=O)NCC4CCCCO4)C3)C1)N(c1nc(-c3ccc(=O)[nH]c3)ns1)C=C(C(=O)O)[NH+]2[O-]. The molecule has 1 amide bonds. The Balaban J connectivity index is 1.21. The van der Waals surface area contributed by atoms with E-state index >= 15 is 0 Å². The Morgan fingerprint density at radius 3 is 2.85 bits per heavy atom. The van der Waals surface area contributed by atoms with Crippen LogP contribution in [-0.2, 0) is 14.3 Å².